The minimum atomic E-state index is -4.75. The van der Waals surface area contributed by atoms with Gasteiger partial charge in [0.2, 0.25) is 0 Å². The first-order valence-corrected chi connectivity index (χ1v) is 5.71. The summed E-state index contributed by atoms with van der Waals surface area (Å²) in [7, 11) is 0. The van der Waals surface area contributed by atoms with Crippen LogP contribution in [-0.4, -0.2) is 23.6 Å². The molecule has 2 nitrogen and oxygen atoms in total. The largest absolute Gasteiger partial charge is 0.418 e. The maximum absolute atomic E-state index is 13.1. The maximum Gasteiger partial charge on any atom is 0.418 e. The second kappa shape index (κ2) is 5.95. The van der Waals surface area contributed by atoms with Crippen LogP contribution in [0.5, 0.6) is 0 Å². The van der Waals surface area contributed by atoms with Crippen molar-refractivity contribution < 1.29 is 22.7 Å². The number of hydrogen-bond donors (Lipinski definition) is 2. The molecule has 1 unspecified atom stereocenters. The van der Waals surface area contributed by atoms with Gasteiger partial charge in [-0.1, -0.05) is 11.6 Å². The van der Waals surface area contributed by atoms with Crippen LogP contribution in [0.25, 0.3) is 0 Å². The van der Waals surface area contributed by atoms with Crippen LogP contribution in [0.1, 0.15) is 5.56 Å². The molecule has 0 aliphatic rings. The lowest BCUT2D eigenvalue weighted by molar-refractivity contribution is -0.137. The van der Waals surface area contributed by atoms with Gasteiger partial charge in [-0.25, -0.2) is 4.39 Å². The molecule has 0 heterocycles. The van der Waals surface area contributed by atoms with E-state index in [-0.39, 0.29) is 18.1 Å². The Hall–Kier alpha value is -0.720. The van der Waals surface area contributed by atoms with Crippen molar-refractivity contribution in [1.29, 1.82) is 0 Å². The van der Waals surface area contributed by atoms with Crippen molar-refractivity contribution in [2.75, 3.05) is 17.7 Å². The summed E-state index contributed by atoms with van der Waals surface area (Å²) in [4.78, 5) is 0. The van der Waals surface area contributed by atoms with E-state index in [0.29, 0.717) is 6.07 Å². The highest BCUT2D eigenvalue weighted by molar-refractivity contribution is 6.34. The van der Waals surface area contributed by atoms with Gasteiger partial charge in [0.1, 0.15) is 5.82 Å². The predicted octanol–water partition coefficient (Wildman–Crippen LogP) is 3.51. The summed E-state index contributed by atoms with van der Waals surface area (Å²) in [5.41, 5.74) is -1.51. The third-order valence-corrected chi connectivity index (χ3v) is 2.81. The minimum Gasteiger partial charge on any atom is -0.390 e. The fourth-order valence-electron chi connectivity index (χ4n) is 1.21. The predicted molar refractivity (Wildman–Crippen MR) is 61.6 cm³/mol. The number of aliphatic hydroxyl groups excluding tert-OH is 1. The molecule has 1 rings (SSSR count). The Kier molecular flexibility index (Phi) is 5.07. The molecule has 0 saturated heterocycles. The Bertz CT molecular complexity index is 425. The smallest absolute Gasteiger partial charge is 0.390 e. The highest BCUT2D eigenvalue weighted by Gasteiger charge is 2.34. The van der Waals surface area contributed by atoms with Crippen LogP contribution in [0.4, 0.5) is 23.2 Å². The lowest BCUT2D eigenvalue weighted by atomic mass is 10.1. The first kappa shape index (κ1) is 15.3. The quantitative estimate of drug-likeness (QED) is 0.659. The Balaban J connectivity index is 3.02. The van der Waals surface area contributed by atoms with Gasteiger partial charge in [0, 0.05) is 6.54 Å². The summed E-state index contributed by atoms with van der Waals surface area (Å²) in [6.07, 6.45) is -5.72. The van der Waals surface area contributed by atoms with Gasteiger partial charge in [0.25, 0.3) is 0 Å². The van der Waals surface area contributed by atoms with Crippen LogP contribution in [-0.2, 0) is 6.18 Å². The second-order valence-corrected chi connectivity index (χ2v) is 4.19. The van der Waals surface area contributed by atoms with E-state index in [1.165, 1.54) is 0 Å². The summed E-state index contributed by atoms with van der Waals surface area (Å²) >= 11 is 10.8. The fourth-order valence-corrected chi connectivity index (χ4v) is 1.60. The molecule has 1 atom stereocenters. The number of aliphatic hydroxyl groups is 1. The zero-order chi connectivity index (χ0) is 13.9. The molecular weight excluding hydrogens is 297 g/mol. The fraction of sp³-hybridized carbons (Fsp3) is 0.400. The number of hydrogen-bond acceptors (Lipinski definition) is 2. The molecule has 0 amide bonds. The summed E-state index contributed by atoms with van der Waals surface area (Å²) < 4.78 is 50.6. The summed E-state index contributed by atoms with van der Waals surface area (Å²) in [5.74, 6) is -1.18. The van der Waals surface area contributed by atoms with Crippen molar-refractivity contribution >= 4 is 28.9 Å². The normalized spacial score (nSPS) is 13.5. The highest BCUT2D eigenvalue weighted by Crippen LogP contribution is 2.38. The van der Waals surface area contributed by atoms with Crippen molar-refractivity contribution in [3.05, 3.63) is 28.5 Å². The van der Waals surface area contributed by atoms with E-state index in [4.69, 9.17) is 28.3 Å². The van der Waals surface area contributed by atoms with Crippen LogP contribution in [0.3, 0.4) is 0 Å². The molecule has 18 heavy (non-hydrogen) atoms. The van der Waals surface area contributed by atoms with Gasteiger partial charge in [-0.15, -0.1) is 11.6 Å². The van der Waals surface area contributed by atoms with Crippen molar-refractivity contribution in [1.82, 2.24) is 0 Å². The van der Waals surface area contributed by atoms with Crippen LogP contribution in [0.15, 0.2) is 12.1 Å². The van der Waals surface area contributed by atoms with Gasteiger partial charge in [-0.2, -0.15) is 13.2 Å². The SMILES string of the molecule is OC(CCl)CNc1cc(F)cc(C(F)(F)F)c1Cl. The van der Waals surface area contributed by atoms with Gasteiger partial charge < -0.3 is 10.4 Å². The standard InChI is InChI=1S/C10H9Cl2F4NO/c11-3-6(18)4-17-8-2-5(13)1-7(9(8)12)10(14,15)16/h1-2,6,17-18H,3-4H2. The molecular formula is C10H9Cl2F4NO. The molecule has 1 aromatic rings. The van der Waals surface area contributed by atoms with Crippen molar-refractivity contribution in [3.8, 4) is 0 Å². The third-order valence-electron chi connectivity index (χ3n) is 2.05. The lowest BCUT2D eigenvalue weighted by Gasteiger charge is -2.15. The molecule has 0 radical (unpaired) electrons. The average Bonchev–Trinajstić information content (AvgIpc) is 2.27. The molecule has 2 N–H and O–H groups in total. The molecule has 102 valence electrons. The maximum atomic E-state index is 13.1. The lowest BCUT2D eigenvalue weighted by Crippen LogP contribution is -2.21. The number of anilines is 1. The first-order chi connectivity index (χ1) is 8.25. The van der Waals surface area contributed by atoms with Gasteiger partial charge in [-0.05, 0) is 12.1 Å². The van der Waals surface area contributed by atoms with E-state index in [9.17, 15) is 17.6 Å². The topological polar surface area (TPSA) is 32.3 Å². The molecule has 0 aliphatic carbocycles. The molecule has 0 fully saturated rings. The number of alkyl halides is 4. The van der Waals surface area contributed by atoms with E-state index < -0.39 is 28.7 Å². The zero-order valence-electron chi connectivity index (χ0n) is 8.86. The molecule has 0 spiro atoms. The summed E-state index contributed by atoms with van der Waals surface area (Å²) in [5, 5.41) is 10.9. The van der Waals surface area contributed by atoms with Crippen LogP contribution < -0.4 is 5.32 Å². The molecule has 0 bridgehead atoms. The Labute approximate surface area is 111 Å². The van der Waals surface area contributed by atoms with E-state index in [0.717, 1.165) is 6.07 Å². The third kappa shape index (κ3) is 3.90. The van der Waals surface area contributed by atoms with Gasteiger partial charge in [0.15, 0.2) is 0 Å². The summed E-state index contributed by atoms with van der Waals surface area (Å²) in [6, 6.07) is 1.13. The Morgan fingerprint density at radius 3 is 2.44 bits per heavy atom. The Morgan fingerprint density at radius 2 is 1.94 bits per heavy atom. The molecule has 8 heteroatoms. The van der Waals surface area contributed by atoms with Crippen molar-refractivity contribution in [2.24, 2.45) is 0 Å². The Morgan fingerprint density at radius 1 is 1.33 bits per heavy atom. The number of benzene rings is 1. The second-order valence-electron chi connectivity index (χ2n) is 3.50. The van der Waals surface area contributed by atoms with Gasteiger partial charge in [0.05, 0.1) is 28.3 Å². The van der Waals surface area contributed by atoms with E-state index >= 15 is 0 Å². The average molecular weight is 306 g/mol. The van der Waals surface area contributed by atoms with Crippen molar-refractivity contribution in [2.45, 2.75) is 12.3 Å². The number of halogens is 6. The number of rotatable bonds is 4. The van der Waals surface area contributed by atoms with E-state index in [1.807, 2.05) is 0 Å². The molecule has 0 aliphatic heterocycles. The first-order valence-electron chi connectivity index (χ1n) is 4.80. The zero-order valence-corrected chi connectivity index (χ0v) is 10.4. The van der Waals surface area contributed by atoms with E-state index in [1.54, 1.807) is 0 Å². The summed E-state index contributed by atoms with van der Waals surface area (Å²) in [6.45, 7) is -0.135. The number of nitrogens with one attached hydrogen (secondary N) is 1. The monoisotopic (exact) mass is 305 g/mol. The molecule has 0 aromatic heterocycles. The van der Waals surface area contributed by atoms with Crippen LogP contribution >= 0.6 is 23.2 Å². The molecule has 0 saturated carbocycles. The van der Waals surface area contributed by atoms with Crippen molar-refractivity contribution in [3.63, 3.8) is 0 Å². The minimum absolute atomic E-state index is 0.105. The molecule has 1 aromatic carbocycles. The van der Waals surface area contributed by atoms with Crippen LogP contribution in [0.2, 0.25) is 5.02 Å². The highest BCUT2D eigenvalue weighted by atomic mass is 35.5. The van der Waals surface area contributed by atoms with Crippen LogP contribution in [0, 0.1) is 5.82 Å². The van der Waals surface area contributed by atoms with Gasteiger partial charge in [-0.3, -0.25) is 0 Å². The van der Waals surface area contributed by atoms with Gasteiger partial charge >= 0.3 is 6.18 Å². The van der Waals surface area contributed by atoms with E-state index in [2.05, 4.69) is 5.32 Å².